The highest BCUT2D eigenvalue weighted by Crippen LogP contribution is 2.49. The molecule has 1 aliphatic rings. The first-order chi connectivity index (χ1) is 12.3. The zero-order valence-electron chi connectivity index (χ0n) is 13.7. The summed E-state index contributed by atoms with van der Waals surface area (Å²) in [6.45, 7) is 0.335. The molecule has 0 amide bonds. The number of hydrogen-bond donors (Lipinski definition) is 2. The molecule has 3 N–H and O–H groups in total. The van der Waals surface area contributed by atoms with Crippen LogP contribution in [0.3, 0.4) is 0 Å². The van der Waals surface area contributed by atoms with E-state index in [0.29, 0.717) is 17.8 Å². The summed E-state index contributed by atoms with van der Waals surface area (Å²) >= 11 is 0. The SMILES string of the molecule is NC(=NCC1(c2ccccc2F)CC1)Nc1ccc(OC(F)(F)F)cc1. The van der Waals surface area contributed by atoms with Crippen LogP contribution in [0.2, 0.25) is 0 Å². The first kappa shape index (κ1) is 18.0. The lowest BCUT2D eigenvalue weighted by Gasteiger charge is -2.15. The van der Waals surface area contributed by atoms with Gasteiger partial charge in [-0.3, -0.25) is 4.99 Å². The molecule has 0 aromatic heterocycles. The smallest absolute Gasteiger partial charge is 0.406 e. The number of ether oxygens (including phenoxy) is 1. The predicted molar refractivity (Wildman–Crippen MR) is 90.5 cm³/mol. The molecule has 138 valence electrons. The second-order valence-electron chi connectivity index (χ2n) is 6.16. The van der Waals surface area contributed by atoms with Crippen molar-refractivity contribution in [3.05, 3.63) is 59.9 Å². The number of aliphatic imine (C=N–C) groups is 1. The Bertz CT molecular complexity index is 799. The van der Waals surface area contributed by atoms with Crippen molar-refractivity contribution in [1.29, 1.82) is 0 Å². The molecule has 0 atom stereocenters. The van der Waals surface area contributed by atoms with E-state index in [0.717, 1.165) is 12.8 Å². The lowest BCUT2D eigenvalue weighted by Crippen LogP contribution is -2.25. The van der Waals surface area contributed by atoms with Crippen molar-refractivity contribution < 1.29 is 22.3 Å². The molecule has 0 unspecified atom stereocenters. The van der Waals surface area contributed by atoms with E-state index in [2.05, 4.69) is 15.0 Å². The Balaban J connectivity index is 1.62. The molecular formula is C18H17F4N3O. The molecule has 2 aromatic carbocycles. The first-order valence-corrected chi connectivity index (χ1v) is 7.95. The van der Waals surface area contributed by atoms with Gasteiger partial charge in [0.05, 0.1) is 6.54 Å². The Kier molecular flexibility index (Phi) is 4.76. The van der Waals surface area contributed by atoms with Gasteiger partial charge in [-0.2, -0.15) is 0 Å². The highest BCUT2D eigenvalue weighted by atomic mass is 19.4. The van der Waals surface area contributed by atoms with Crippen LogP contribution in [-0.2, 0) is 5.41 Å². The van der Waals surface area contributed by atoms with Gasteiger partial charge in [-0.05, 0) is 48.7 Å². The monoisotopic (exact) mass is 367 g/mol. The maximum Gasteiger partial charge on any atom is 0.573 e. The van der Waals surface area contributed by atoms with Crippen LogP contribution in [0.1, 0.15) is 18.4 Å². The summed E-state index contributed by atoms with van der Waals surface area (Å²) in [5.41, 5.74) is 6.60. The third kappa shape index (κ3) is 4.44. The molecule has 1 aliphatic carbocycles. The van der Waals surface area contributed by atoms with E-state index in [1.54, 1.807) is 18.2 Å². The maximum atomic E-state index is 14.0. The fourth-order valence-corrected chi connectivity index (χ4v) is 2.72. The third-order valence-electron chi connectivity index (χ3n) is 4.21. The fraction of sp³-hybridized carbons (Fsp3) is 0.278. The number of nitrogens with one attached hydrogen (secondary N) is 1. The molecule has 0 bridgehead atoms. The van der Waals surface area contributed by atoms with Gasteiger partial charge in [-0.25, -0.2) is 4.39 Å². The molecule has 0 aliphatic heterocycles. The van der Waals surface area contributed by atoms with Gasteiger partial charge in [0.1, 0.15) is 11.6 Å². The zero-order valence-corrected chi connectivity index (χ0v) is 13.7. The Morgan fingerprint density at radius 3 is 2.35 bits per heavy atom. The molecule has 1 saturated carbocycles. The lowest BCUT2D eigenvalue weighted by atomic mass is 9.95. The first-order valence-electron chi connectivity index (χ1n) is 7.95. The van der Waals surface area contributed by atoms with Gasteiger partial charge in [0.15, 0.2) is 5.96 Å². The average molecular weight is 367 g/mol. The third-order valence-corrected chi connectivity index (χ3v) is 4.21. The molecule has 0 saturated heterocycles. The molecule has 1 fully saturated rings. The molecule has 0 spiro atoms. The van der Waals surface area contributed by atoms with Gasteiger partial charge < -0.3 is 15.8 Å². The molecule has 2 aromatic rings. The van der Waals surface area contributed by atoms with Gasteiger partial charge >= 0.3 is 6.36 Å². The van der Waals surface area contributed by atoms with E-state index in [4.69, 9.17) is 5.73 Å². The minimum Gasteiger partial charge on any atom is -0.406 e. The minimum absolute atomic E-state index is 0.108. The van der Waals surface area contributed by atoms with Crippen molar-refractivity contribution in [3.8, 4) is 5.75 Å². The van der Waals surface area contributed by atoms with Crippen LogP contribution < -0.4 is 15.8 Å². The van der Waals surface area contributed by atoms with Crippen LogP contribution in [0.5, 0.6) is 5.75 Å². The summed E-state index contributed by atoms with van der Waals surface area (Å²) in [6, 6.07) is 11.7. The molecular weight excluding hydrogens is 350 g/mol. The summed E-state index contributed by atoms with van der Waals surface area (Å²) < 4.78 is 54.2. The van der Waals surface area contributed by atoms with Crippen molar-refractivity contribution in [2.45, 2.75) is 24.6 Å². The topological polar surface area (TPSA) is 59.6 Å². The van der Waals surface area contributed by atoms with E-state index < -0.39 is 6.36 Å². The van der Waals surface area contributed by atoms with Crippen LogP contribution in [0.25, 0.3) is 0 Å². The fourth-order valence-electron chi connectivity index (χ4n) is 2.72. The molecule has 3 rings (SSSR count). The largest absolute Gasteiger partial charge is 0.573 e. The quantitative estimate of drug-likeness (QED) is 0.473. The number of anilines is 1. The summed E-state index contributed by atoms with van der Waals surface area (Å²) in [6.07, 6.45) is -3.08. The lowest BCUT2D eigenvalue weighted by molar-refractivity contribution is -0.274. The van der Waals surface area contributed by atoms with Crippen LogP contribution in [0, 0.1) is 5.82 Å². The van der Waals surface area contributed by atoms with E-state index in [-0.39, 0.29) is 22.9 Å². The van der Waals surface area contributed by atoms with Gasteiger partial charge in [0.2, 0.25) is 0 Å². The normalized spacial score (nSPS) is 16.2. The van der Waals surface area contributed by atoms with Gasteiger partial charge in [-0.15, -0.1) is 13.2 Å². The number of rotatable bonds is 5. The second-order valence-corrected chi connectivity index (χ2v) is 6.16. The van der Waals surface area contributed by atoms with Crippen molar-refractivity contribution in [2.75, 3.05) is 11.9 Å². The number of benzene rings is 2. The van der Waals surface area contributed by atoms with E-state index in [9.17, 15) is 17.6 Å². The summed E-state index contributed by atoms with van der Waals surface area (Å²) in [5, 5.41) is 2.80. The highest BCUT2D eigenvalue weighted by molar-refractivity contribution is 5.92. The van der Waals surface area contributed by atoms with Crippen molar-refractivity contribution in [3.63, 3.8) is 0 Å². The molecule has 0 heterocycles. The van der Waals surface area contributed by atoms with E-state index >= 15 is 0 Å². The van der Waals surface area contributed by atoms with E-state index in [1.807, 2.05) is 0 Å². The van der Waals surface area contributed by atoms with Gasteiger partial charge in [0.25, 0.3) is 0 Å². The number of nitrogens with two attached hydrogens (primary N) is 1. The highest BCUT2D eigenvalue weighted by Gasteiger charge is 2.45. The molecule has 0 radical (unpaired) electrons. The predicted octanol–water partition coefficient (Wildman–Crippen LogP) is 4.18. The summed E-state index contributed by atoms with van der Waals surface area (Å²) in [4.78, 5) is 4.26. The number of guanidine groups is 1. The van der Waals surface area contributed by atoms with E-state index in [1.165, 1.54) is 30.3 Å². The summed E-state index contributed by atoms with van der Waals surface area (Å²) in [5.74, 6) is -0.473. The van der Waals surface area contributed by atoms with Crippen LogP contribution >= 0.6 is 0 Å². The molecule has 26 heavy (non-hydrogen) atoms. The van der Waals surface area contributed by atoms with Crippen molar-refractivity contribution in [2.24, 2.45) is 10.7 Å². The number of hydrogen-bond acceptors (Lipinski definition) is 2. The Labute approximate surface area is 147 Å². The second kappa shape index (κ2) is 6.86. The number of alkyl halides is 3. The number of halogens is 4. The minimum atomic E-state index is -4.74. The number of nitrogens with zero attached hydrogens (tertiary/aromatic N) is 1. The molecule has 4 nitrogen and oxygen atoms in total. The standard InChI is InChI=1S/C18H17F4N3O/c19-15-4-2-1-3-14(15)17(9-10-17)11-24-16(23)25-12-5-7-13(8-6-12)26-18(20,21)22/h1-8H,9-11H2,(H3,23,24,25). The Hall–Kier alpha value is -2.77. The maximum absolute atomic E-state index is 14.0. The van der Waals surface area contributed by atoms with Crippen LogP contribution in [0.4, 0.5) is 23.2 Å². The summed E-state index contributed by atoms with van der Waals surface area (Å²) in [7, 11) is 0. The Morgan fingerprint density at radius 2 is 1.77 bits per heavy atom. The van der Waals surface area contributed by atoms with Crippen LogP contribution in [0.15, 0.2) is 53.5 Å². The van der Waals surface area contributed by atoms with Crippen LogP contribution in [-0.4, -0.2) is 18.9 Å². The Morgan fingerprint density at radius 1 is 1.12 bits per heavy atom. The van der Waals surface area contributed by atoms with Gasteiger partial charge in [0, 0.05) is 11.1 Å². The average Bonchev–Trinajstić information content (AvgIpc) is 3.35. The van der Waals surface area contributed by atoms with Crippen molar-refractivity contribution >= 4 is 11.6 Å². The molecule has 8 heteroatoms. The van der Waals surface area contributed by atoms with Gasteiger partial charge in [-0.1, -0.05) is 18.2 Å². The zero-order chi connectivity index (χ0) is 18.8. The van der Waals surface area contributed by atoms with Crippen molar-refractivity contribution in [1.82, 2.24) is 0 Å².